The van der Waals surface area contributed by atoms with Gasteiger partial charge in [-0.25, -0.2) is 0 Å². The number of ether oxygens (including phenoxy) is 1. The summed E-state index contributed by atoms with van der Waals surface area (Å²) in [6, 6.07) is -0.718. The van der Waals surface area contributed by atoms with Gasteiger partial charge in [-0.05, 0) is 12.8 Å². The number of nitrogens with zero attached hydrogens (tertiary/aromatic N) is 2. The van der Waals surface area contributed by atoms with Crippen LogP contribution in [0.2, 0.25) is 0 Å². The van der Waals surface area contributed by atoms with Gasteiger partial charge in [0, 0.05) is 0 Å². The summed E-state index contributed by atoms with van der Waals surface area (Å²) in [7, 11) is 0. The van der Waals surface area contributed by atoms with Gasteiger partial charge in [0.25, 0.3) is 0 Å². The zero-order valence-corrected chi connectivity index (χ0v) is 10.2. The van der Waals surface area contributed by atoms with Crippen LogP contribution in [-0.2, 0) is 4.79 Å². The first-order valence-electron chi connectivity index (χ1n) is 5.43. The summed E-state index contributed by atoms with van der Waals surface area (Å²) in [6.45, 7) is 6.14. The SMILES string of the molecule is CC(C)COc1cncc(NC(C)C(=O)O)n1. The van der Waals surface area contributed by atoms with Crippen LogP contribution in [0.1, 0.15) is 20.8 Å². The molecule has 6 nitrogen and oxygen atoms in total. The zero-order chi connectivity index (χ0) is 12.8. The predicted molar refractivity (Wildman–Crippen MR) is 63.1 cm³/mol. The summed E-state index contributed by atoms with van der Waals surface area (Å²) in [5.41, 5.74) is 0. The lowest BCUT2D eigenvalue weighted by molar-refractivity contribution is -0.137. The minimum absolute atomic E-state index is 0.390. The molecule has 0 aliphatic carbocycles. The molecule has 1 atom stereocenters. The van der Waals surface area contributed by atoms with E-state index < -0.39 is 12.0 Å². The highest BCUT2D eigenvalue weighted by Gasteiger charge is 2.11. The van der Waals surface area contributed by atoms with Crippen LogP contribution in [0.3, 0.4) is 0 Å². The largest absolute Gasteiger partial charge is 0.480 e. The van der Waals surface area contributed by atoms with E-state index >= 15 is 0 Å². The third-order valence-corrected chi connectivity index (χ3v) is 1.91. The van der Waals surface area contributed by atoms with Crippen molar-refractivity contribution >= 4 is 11.8 Å². The van der Waals surface area contributed by atoms with E-state index in [4.69, 9.17) is 9.84 Å². The van der Waals surface area contributed by atoms with Crippen LogP contribution in [0, 0.1) is 5.92 Å². The summed E-state index contributed by atoms with van der Waals surface area (Å²) in [5.74, 6) is 0.231. The fourth-order valence-corrected chi connectivity index (χ4v) is 1.02. The average Bonchev–Trinajstić information content (AvgIpc) is 2.26. The molecular weight excluding hydrogens is 222 g/mol. The molecule has 0 aromatic carbocycles. The van der Waals surface area contributed by atoms with E-state index in [0.717, 1.165) is 0 Å². The average molecular weight is 239 g/mol. The minimum Gasteiger partial charge on any atom is -0.480 e. The highest BCUT2D eigenvalue weighted by atomic mass is 16.5. The van der Waals surface area contributed by atoms with Gasteiger partial charge in [-0.3, -0.25) is 9.78 Å². The Hall–Kier alpha value is -1.85. The molecule has 0 saturated carbocycles. The summed E-state index contributed by atoms with van der Waals surface area (Å²) in [6.07, 6.45) is 2.96. The van der Waals surface area contributed by atoms with Gasteiger partial charge in [0.05, 0.1) is 19.0 Å². The van der Waals surface area contributed by atoms with Crippen molar-refractivity contribution in [2.45, 2.75) is 26.8 Å². The third-order valence-electron chi connectivity index (χ3n) is 1.91. The van der Waals surface area contributed by atoms with Crippen molar-refractivity contribution in [1.82, 2.24) is 9.97 Å². The lowest BCUT2D eigenvalue weighted by Crippen LogP contribution is -2.26. The molecule has 1 unspecified atom stereocenters. The van der Waals surface area contributed by atoms with Gasteiger partial charge >= 0.3 is 5.97 Å². The smallest absolute Gasteiger partial charge is 0.325 e. The molecule has 94 valence electrons. The number of anilines is 1. The Balaban J connectivity index is 2.62. The fraction of sp³-hybridized carbons (Fsp3) is 0.545. The number of rotatable bonds is 6. The van der Waals surface area contributed by atoms with Crippen molar-refractivity contribution in [1.29, 1.82) is 0 Å². The topological polar surface area (TPSA) is 84.3 Å². The van der Waals surface area contributed by atoms with Gasteiger partial charge in [0.1, 0.15) is 11.9 Å². The highest BCUT2D eigenvalue weighted by Crippen LogP contribution is 2.11. The molecule has 0 amide bonds. The van der Waals surface area contributed by atoms with Gasteiger partial charge in [-0.15, -0.1) is 0 Å². The van der Waals surface area contributed by atoms with Crippen molar-refractivity contribution in [2.75, 3.05) is 11.9 Å². The van der Waals surface area contributed by atoms with E-state index in [9.17, 15) is 4.79 Å². The lowest BCUT2D eigenvalue weighted by atomic mass is 10.2. The second kappa shape index (κ2) is 6.03. The van der Waals surface area contributed by atoms with Gasteiger partial charge in [0.15, 0.2) is 0 Å². The highest BCUT2D eigenvalue weighted by molar-refractivity contribution is 5.76. The molecule has 0 aliphatic heterocycles. The van der Waals surface area contributed by atoms with E-state index in [2.05, 4.69) is 15.3 Å². The van der Waals surface area contributed by atoms with Crippen LogP contribution in [0.4, 0.5) is 5.82 Å². The van der Waals surface area contributed by atoms with Gasteiger partial charge in [0.2, 0.25) is 5.88 Å². The van der Waals surface area contributed by atoms with Crippen molar-refractivity contribution in [3.8, 4) is 5.88 Å². The maximum atomic E-state index is 10.7. The molecule has 0 fully saturated rings. The zero-order valence-electron chi connectivity index (χ0n) is 10.2. The second-order valence-corrected chi connectivity index (χ2v) is 4.15. The van der Waals surface area contributed by atoms with E-state index in [-0.39, 0.29) is 0 Å². The molecule has 0 bridgehead atoms. The monoisotopic (exact) mass is 239 g/mol. The van der Waals surface area contributed by atoms with Crippen LogP contribution < -0.4 is 10.1 Å². The number of nitrogens with one attached hydrogen (secondary N) is 1. The van der Waals surface area contributed by atoms with Crippen molar-refractivity contribution in [2.24, 2.45) is 5.92 Å². The molecule has 6 heteroatoms. The summed E-state index contributed by atoms with van der Waals surface area (Å²) >= 11 is 0. The number of aromatic nitrogens is 2. The Morgan fingerprint density at radius 3 is 2.76 bits per heavy atom. The number of carbonyl (C=O) groups is 1. The summed E-state index contributed by atoms with van der Waals surface area (Å²) in [5, 5.41) is 11.5. The Labute approximate surface area is 100 Å². The quantitative estimate of drug-likeness (QED) is 0.780. The molecule has 0 aliphatic rings. The number of carboxylic acids is 1. The van der Waals surface area contributed by atoms with Crippen LogP contribution in [0.25, 0.3) is 0 Å². The van der Waals surface area contributed by atoms with Crippen molar-refractivity contribution in [3.63, 3.8) is 0 Å². The Bertz CT molecular complexity index is 382. The Morgan fingerprint density at radius 1 is 1.47 bits per heavy atom. The molecular formula is C11H17N3O3. The van der Waals surface area contributed by atoms with E-state index in [1.165, 1.54) is 19.3 Å². The Kier molecular flexibility index (Phi) is 4.68. The predicted octanol–water partition coefficient (Wildman–Crippen LogP) is 1.40. The normalized spacial score (nSPS) is 12.2. The molecule has 1 aromatic heterocycles. The van der Waals surface area contributed by atoms with E-state index in [1.54, 1.807) is 0 Å². The number of aliphatic carboxylic acids is 1. The number of hydrogen-bond acceptors (Lipinski definition) is 5. The van der Waals surface area contributed by atoms with Gasteiger partial charge in [-0.1, -0.05) is 13.8 Å². The molecule has 1 heterocycles. The van der Waals surface area contributed by atoms with Gasteiger partial charge < -0.3 is 15.2 Å². The first-order valence-corrected chi connectivity index (χ1v) is 5.43. The first kappa shape index (κ1) is 13.2. The maximum Gasteiger partial charge on any atom is 0.325 e. The second-order valence-electron chi connectivity index (χ2n) is 4.15. The van der Waals surface area contributed by atoms with Crippen molar-refractivity contribution < 1.29 is 14.6 Å². The standard InChI is InChI=1S/C11H17N3O3/c1-7(2)6-17-10-5-12-4-9(14-10)13-8(3)11(15)16/h4-5,7-8H,6H2,1-3H3,(H,13,14)(H,15,16). The van der Waals surface area contributed by atoms with Crippen LogP contribution in [-0.4, -0.2) is 33.7 Å². The lowest BCUT2D eigenvalue weighted by Gasteiger charge is -2.11. The van der Waals surface area contributed by atoms with Crippen LogP contribution >= 0.6 is 0 Å². The number of carboxylic acid groups (broad SMARTS) is 1. The molecule has 2 N–H and O–H groups in total. The molecule has 1 rings (SSSR count). The molecule has 1 aromatic rings. The maximum absolute atomic E-state index is 10.7. The van der Waals surface area contributed by atoms with E-state index in [1.807, 2.05) is 13.8 Å². The van der Waals surface area contributed by atoms with Crippen LogP contribution in [0.5, 0.6) is 5.88 Å². The van der Waals surface area contributed by atoms with Gasteiger partial charge in [-0.2, -0.15) is 4.98 Å². The molecule has 0 spiro atoms. The fourth-order valence-electron chi connectivity index (χ4n) is 1.02. The van der Waals surface area contributed by atoms with E-state index in [0.29, 0.717) is 24.2 Å². The van der Waals surface area contributed by atoms with Crippen LogP contribution in [0.15, 0.2) is 12.4 Å². The molecule has 0 saturated heterocycles. The molecule has 17 heavy (non-hydrogen) atoms. The minimum atomic E-state index is -0.944. The summed E-state index contributed by atoms with van der Waals surface area (Å²) < 4.78 is 5.39. The number of hydrogen-bond donors (Lipinski definition) is 2. The molecule has 0 radical (unpaired) electrons. The third kappa shape index (κ3) is 4.67. The Morgan fingerprint density at radius 2 is 2.18 bits per heavy atom. The van der Waals surface area contributed by atoms with Crippen molar-refractivity contribution in [3.05, 3.63) is 12.4 Å². The summed E-state index contributed by atoms with van der Waals surface area (Å²) in [4.78, 5) is 18.7. The first-order chi connectivity index (χ1) is 7.99.